The Bertz CT molecular complexity index is 567. The molecule has 0 aliphatic rings. The molecular formula is C11H6F3NO3. The van der Waals surface area contributed by atoms with Crippen molar-refractivity contribution in [1.82, 2.24) is 0 Å². The highest BCUT2D eigenvalue weighted by atomic mass is 19.4. The van der Waals surface area contributed by atoms with Crippen molar-refractivity contribution in [2.24, 2.45) is 5.73 Å². The fraction of sp³-hybridized carbons (Fsp3) is 0.0909. The summed E-state index contributed by atoms with van der Waals surface area (Å²) in [6, 6.07) is 1.95. The molecule has 4 nitrogen and oxygen atoms in total. The van der Waals surface area contributed by atoms with Crippen molar-refractivity contribution >= 4 is 11.9 Å². The Kier molecular flexibility index (Phi) is 3.61. The van der Waals surface area contributed by atoms with Crippen LogP contribution in [0.25, 0.3) is 0 Å². The number of benzene rings is 1. The molecule has 3 N–H and O–H groups in total. The number of rotatable bonds is 1. The summed E-state index contributed by atoms with van der Waals surface area (Å²) in [7, 11) is 0. The van der Waals surface area contributed by atoms with E-state index < -0.39 is 34.7 Å². The third-order valence-corrected chi connectivity index (χ3v) is 1.90. The first-order chi connectivity index (χ1) is 8.21. The van der Waals surface area contributed by atoms with E-state index in [9.17, 15) is 22.8 Å². The van der Waals surface area contributed by atoms with Crippen LogP contribution in [-0.2, 0) is 11.0 Å². The van der Waals surface area contributed by atoms with Crippen LogP contribution in [0, 0.1) is 11.8 Å². The van der Waals surface area contributed by atoms with E-state index in [1.165, 1.54) is 0 Å². The van der Waals surface area contributed by atoms with Crippen LogP contribution in [0.2, 0.25) is 0 Å². The van der Waals surface area contributed by atoms with Crippen molar-refractivity contribution in [3.05, 3.63) is 34.9 Å². The van der Waals surface area contributed by atoms with Gasteiger partial charge in [-0.25, -0.2) is 4.79 Å². The number of halogens is 3. The van der Waals surface area contributed by atoms with E-state index >= 15 is 0 Å². The van der Waals surface area contributed by atoms with Crippen LogP contribution in [0.1, 0.15) is 21.5 Å². The number of carboxylic acid groups (broad SMARTS) is 1. The lowest BCUT2D eigenvalue weighted by atomic mass is 10.0. The first-order valence-corrected chi connectivity index (χ1v) is 4.48. The molecule has 0 unspecified atom stereocenters. The fourth-order valence-corrected chi connectivity index (χ4v) is 1.14. The second kappa shape index (κ2) is 4.79. The Labute approximate surface area is 99.2 Å². The molecule has 0 bridgehead atoms. The SMILES string of the molecule is NC(=O)C#Cc1cc(C(F)(F)F)ccc1C(=O)O. The van der Waals surface area contributed by atoms with Crippen LogP contribution in [-0.4, -0.2) is 17.0 Å². The topological polar surface area (TPSA) is 80.4 Å². The molecule has 0 aliphatic heterocycles. The third kappa shape index (κ3) is 3.25. The molecule has 1 aromatic carbocycles. The van der Waals surface area contributed by atoms with Gasteiger partial charge >= 0.3 is 12.1 Å². The number of carbonyl (C=O) groups excluding carboxylic acids is 1. The molecule has 0 fully saturated rings. The zero-order valence-corrected chi connectivity index (χ0v) is 8.71. The minimum absolute atomic E-state index is 0.420. The van der Waals surface area contributed by atoms with Gasteiger partial charge in [-0.1, -0.05) is 5.92 Å². The number of hydrogen-bond donors (Lipinski definition) is 2. The molecule has 0 saturated carbocycles. The highest BCUT2D eigenvalue weighted by molar-refractivity contribution is 5.95. The summed E-state index contributed by atoms with van der Waals surface area (Å²) in [5.41, 5.74) is 2.80. The van der Waals surface area contributed by atoms with E-state index in [4.69, 9.17) is 10.8 Å². The van der Waals surface area contributed by atoms with Crippen LogP contribution in [0.15, 0.2) is 18.2 Å². The minimum atomic E-state index is -4.62. The van der Waals surface area contributed by atoms with Crippen molar-refractivity contribution < 1.29 is 27.9 Å². The summed E-state index contributed by atoms with van der Waals surface area (Å²) in [5, 5.41) is 8.76. The maximum absolute atomic E-state index is 12.4. The lowest BCUT2D eigenvalue weighted by Gasteiger charge is -2.08. The summed E-state index contributed by atoms with van der Waals surface area (Å²) in [5.74, 6) is 1.28. The van der Waals surface area contributed by atoms with Crippen molar-refractivity contribution in [3.63, 3.8) is 0 Å². The number of primary amides is 1. The molecule has 1 aromatic rings. The summed E-state index contributed by atoms with van der Waals surface area (Å²) < 4.78 is 37.2. The van der Waals surface area contributed by atoms with Gasteiger partial charge in [0.25, 0.3) is 5.91 Å². The zero-order valence-electron chi connectivity index (χ0n) is 8.71. The van der Waals surface area contributed by atoms with E-state index in [-0.39, 0.29) is 0 Å². The van der Waals surface area contributed by atoms with Crippen molar-refractivity contribution in [2.45, 2.75) is 6.18 Å². The maximum atomic E-state index is 12.4. The molecule has 0 saturated heterocycles. The molecule has 0 aliphatic carbocycles. The van der Waals surface area contributed by atoms with Gasteiger partial charge in [0.1, 0.15) is 0 Å². The second-order valence-electron chi connectivity index (χ2n) is 3.18. The Balaban J connectivity index is 3.39. The van der Waals surface area contributed by atoms with Gasteiger partial charge in [0.05, 0.1) is 11.1 Å². The highest BCUT2D eigenvalue weighted by Crippen LogP contribution is 2.30. The molecule has 0 spiro atoms. The molecule has 1 amide bonds. The average molecular weight is 257 g/mol. The second-order valence-corrected chi connectivity index (χ2v) is 3.18. The summed E-state index contributed by atoms with van der Waals surface area (Å²) in [6.07, 6.45) is -4.62. The van der Waals surface area contributed by atoms with Gasteiger partial charge in [-0.3, -0.25) is 4.79 Å². The van der Waals surface area contributed by atoms with Crippen molar-refractivity contribution in [1.29, 1.82) is 0 Å². The molecule has 0 radical (unpaired) electrons. The van der Waals surface area contributed by atoms with Gasteiger partial charge < -0.3 is 10.8 Å². The van der Waals surface area contributed by atoms with E-state index in [1.807, 2.05) is 5.92 Å². The zero-order chi connectivity index (χ0) is 13.9. The number of amides is 1. The molecular weight excluding hydrogens is 251 g/mol. The molecule has 18 heavy (non-hydrogen) atoms. The monoisotopic (exact) mass is 257 g/mol. The molecule has 94 valence electrons. The Hall–Kier alpha value is -2.49. The van der Waals surface area contributed by atoms with Gasteiger partial charge in [0.2, 0.25) is 0 Å². The van der Waals surface area contributed by atoms with Crippen LogP contribution < -0.4 is 5.73 Å². The smallest absolute Gasteiger partial charge is 0.416 e. The normalized spacial score (nSPS) is 10.4. The fourth-order valence-electron chi connectivity index (χ4n) is 1.14. The van der Waals surface area contributed by atoms with Crippen molar-refractivity contribution in [3.8, 4) is 11.8 Å². The van der Waals surface area contributed by atoms with E-state index in [0.29, 0.717) is 12.1 Å². The average Bonchev–Trinajstić information content (AvgIpc) is 2.24. The number of nitrogens with two attached hydrogens (primary N) is 1. The highest BCUT2D eigenvalue weighted by Gasteiger charge is 2.31. The summed E-state index contributed by atoms with van der Waals surface area (Å²) in [4.78, 5) is 21.2. The lowest BCUT2D eigenvalue weighted by Crippen LogP contribution is -2.09. The number of aromatic carboxylic acids is 1. The Morgan fingerprint density at radius 1 is 1.28 bits per heavy atom. The van der Waals surface area contributed by atoms with Gasteiger partial charge in [0.15, 0.2) is 0 Å². The Morgan fingerprint density at radius 2 is 1.89 bits per heavy atom. The van der Waals surface area contributed by atoms with Gasteiger partial charge in [-0.05, 0) is 18.2 Å². The molecule has 1 rings (SSSR count). The first kappa shape index (κ1) is 13.6. The predicted molar refractivity (Wildman–Crippen MR) is 54.5 cm³/mol. The number of carboxylic acids is 1. The summed E-state index contributed by atoms with van der Waals surface area (Å²) in [6.45, 7) is 0. The predicted octanol–water partition coefficient (Wildman–Crippen LogP) is 1.24. The van der Waals surface area contributed by atoms with E-state index in [1.54, 1.807) is 5.92 Å². The van der Waals surface area contributed by atoms with Crippen LogP contribution in [0.3, 0.4) is 0 Å². The molecule has 0 atom stereocenters. The molecule has 7 heteroatoms. The van der Waals surface area contributed by atoms with Crippen LogP contribution >= 0.6 is 0 Å². The minimum Gasteiger partial charge on any atom is -0.478 e. The standard InChI is InChI=1S/C11H6F3NO3/c12-11(13,14)7-2-3-8(10(17)18)6(5-7)1-4-9(15)16/h2-3,5H,(H2,15,16)(H,17,18). The van der Waals surface area contributed by atoms with Gasteiger partial charge in [-0.15, -0.1) is 0 Å². The van der Waals surface area contributed by atoms with Gasteiger partial charge in [0, 0.05) is 11.5 Å². The molecule has 0 aromatic heterocycles. The van der Waals surface area contributed by atoms with E-state index in [2.05, 4.69) is 0 Å². The first-order valence-electron chi connectivity index (χ1n) is 4.48. The van der Waals surface area contributed by atoms with E-state index in [0.717, 1.165) is 6.07 Å². The quantitative estimate of drug-likeness (QED) is 0.743. The number of carbonyl (C=O) groups is 2. The lowest BCUT2D eigenvalue weighted by molar-refractivity contribution is -0.137. The van der Waals surface area contributed by atoms with Crippen molar-refractivity contribution in [2.75, 3.05) is 0 Å². The van der Waals surface area contributed by atoms with Crippen LogP contribution in [0.4, 0.5) is 13.2 Å². The number of alkyl halides is 3. The third-order valence-electron chi connectivity index (χ3n) is 1.90. The number of hydrogen-bond acceptors (Lipinski definition) is 2. The largest absolute Gasteiger partial charge is 0.478 e. The molecule has 0 heterocycles. The summed E-state index contributed by atoms with van der Waals surface area (Å²) >= 11 is 0. The van der Waals surface area contributed by atoms with Crippen LogP contribution in [0.5, 0.6) is 0 Å². The van der Waals surface area contributed by atoms with Gasteiger partial charge in [-0.2, -0.15) is 13.2 Å². The Morgan fingerprint density at radius 3 is 2.33 bits per heavy atom. The maximum Gasteiger partial charge on any atom is 0.416 e.